The van der Waals surface area contributed by atoms with E-state index in [0.29, 0.717) is 22.1 Å². The minimum atomic E-state index is -0.537. The van der Waals surface area contributed by atoms with Gasteiger partial charge in [-0.25, -0.2) is 10.2 Å². The average molecular weight is 465 g/mol. The van der Waals surface area contributed by atoms with Crippen molar-refractivity contribution in [3.8, 4) is 17.2 Å². The number of benzene rings is 3. The molecule has 0 saturated carbocycles. The largest absolute Gasteiger partial charge is 0.493 e. The Morgan fingerprint density at radius 3 is 2.55 bits per heavy atom. The summed E-state index contributed by atoms with van der Waals surface area (Å²) < 4.78 is 16.0. The molecule has 1 N–H and O–H groups in total. The van der Waals surface area contributed by atoms with Gasteiger partial charge in [0, 0.05) is 11.1 Å². The first-order chi connectivity index (χ1) is 16.0. The highest BCUT2D eigenvalue weighted by molar-refractivity contribution is 6.30. The second-order valence-electron chi connectivity index (χ2n) is 6.61. The van der Waals surface area contributed by atoms with Crippen molar-refractivity contribution in [3.05, 3.63) is 95.0 Å². The number of amides is 1. The van der Waals surface area contributed by atoms with Gasteiger partial charge < -0.3 is 14.2 Å². The van der Waals surface area contributed by atoms with Gasteiger partial charge in [-0.3, -0.25) is 4.79 Å². The van der Waals surface area contributed by atoms with Crippen LogP contribution in [-0.2, 0) is 9.59 Å². The number of carbonyl (C=O) groups excluding carboxylic acids is 2. The molecule has 8 heteroatoms. The number of methoxy groups -OCH3 is 1. The number of hydrogen-bond acceptors (Lipinski definition) is 6. The summed E-state index contributed by atoms with van der Waals surface area (Å²) >= 11 is 5.87. The number of hydrogen-bond donors (Lipinski definition) is 1. The number of nitrogens with one attached hydrogen (secondary N) is 1. The van der Waals surface area contributed by atoms with Crippen LogP contribution in [0.4, 0.5) is 0 Å². The van der Waals surface area contributed by atoms with E-state index in [1.54, 1.807) is 48.5 Å². The number of ether oxygens (including phenoxy) is 3. The molecular formula is C25H21ClN2O5. The number of nitrogens with zero attached hydrogens (tertiary/aromatic N) is 1. The van der Waals surface area contributed by atoms with Crippen molar-refractivity contribution < 1.29 is 23.8 Å². The molecule has 0 aliphatic heterocycles. The van der Waals surface area contributed by atoms with Gasteiger partial charge in [0.2, 0.25) is 0 Å². The highest BCUT2D eigenvalue weighted by Gasteiger charge is 2.09. The van der Waals surface area contributed by atoms with Crippen molar-refractivity contribution in [1.82, 2.24) is 5.43 Å². The Kier molecular flexibility index (Phi) is 8.62. The first-order valence-corrected chi connectivity index (χ1v) is 10.2. The maximum absolute atomic E-state index is 12.1. The molecule has 0 heterocycles. The summed E-state index contributed by atoms with van der Waals surface area (Å²) in [5, 5.41) is 4.41. The predicted octanol–water partition coefficient (Wildman–Crippen LogP) is 4.50. The van der Waals surface area contributed by atoms with E-state index in [0.717, 1.165) is 5.56 Å². The maximum atomic E-state index is 12.1. The molecule has 168 valence electrons. The summed E-state index contributed by atoms with van der Waals surface area (Å²) in [5.74, 6) is 0.113. The Labute approximate surface area is 196 Å². The van der Waals surface area contributed by atoms with E-state index in [1.165, 1.54) is 19.4 Å². The van der Waals surface area contributed by atoms with Crippen LogP contribution in [0, 0.1) is 0 Å². The van der Waals surface area contributed by atoms with Crippen LogP contribution in [0.3, 0.4) is 0 Å². The highest BCUT2D eigenvalue weighted by Crippen LogP contribution is 2.28. The second-order valence-corrected chi connectivity index (χ2v) is 7.05. The molecule has 0 aliphatic rings. The minimum absolute atomic E-state index is 0.216. The average Bonchev–Trinajstić information content (AvgIpc) is 2.83. The number of hydrazone groups is 1. The molecule has 33 heavy (non-hydrogen) atoms. The molecular weight excluding hydrogens is 444 g/mol. The van der Waals surface area contributed by atoms with Crippen molar-refractivity contribution in [2.45, 2.75) is 0 Å². The highest BCUT2D eigenvalue weighted by atomic mass is 35.5. The topological polar surface area (TPSA) is 86.2 Å². The molecule has 0 bridgehead atoms. The second kappa shape index (κ2) is 12.1. The lowest BCUT2D eigenvalue weighted by molar-refractivity contribution is -0.129. The zero-order valence-electron chi connectivity index (χ0n) is 17.7. The standard InChI is InChI=1S/C25H21ClN2O5/c1-31-23-14-19(16-27-28-24(29)17-32-21-9-5-8-20(26)15-21)10-12-22(23)33-25(30)13-11-18-6-3-2-4-7-18/h2-16H,17H2,1H3,(H,28,29). The molecule has 0 aliphatic carbocycles. The van der Waals surface area contributed by atoms with E-state index in [2.05, 4.69) is 10.5 Å². The van der Waals surface area contributed by atoms with Gasteiger partial charge in [0.25, 0.3) is 5.91 Å². The van der Waals surface area contributed by atoms with E-state index in [-0.39, 0.29) is 12.4 Å². The maximum Gasteiger partial charge on any atom is 0.336 e. The summed E-state index contributed by atoms with van der Waals surface area (Å²) in [5.41, 5.74) is 3.88. The van der Waals surface area contributed by atoms with Gasteiger partial charge in [0.1, 0.15) is 5.75 Å². The Morgan fingerprint density at radius 2 is 1.79 bits per heavy atom. The zero-order valence-corrected chi connectivity index (χ0v) is 18.5. The van der Waals surface area contributed by atoms with E-state index < -0.39 is 11.9 Å². The molecule has 0 fully saturated rings. The van der Waals surface area contributed by atoms with Gasteiger partial charge in [-0.2, -0.15) is 5.10 Å². The SMILES string of the molecule is COc1cc(C=NNC(=O)COc2cccc(Cl)c2)ccc1OC(=O)C=Cc1ccccc1. The van der Waals surface area contributed by atoms with Crippen molar-refractivity contribution in [3.63, 3.8) is 0 Å². The number of halogens is 1. The third kappa shape index (κ3) is 7.83. The Bertz CT molecular complexity index is 1160. The fraction of sp³-hybridized carbons (Fsp3) is 0.0800. The molecule has 0 atom stereocenters. The van der Waals surface area contributed by atoms with Gasteiger partial charge >= 0.3 is 5.97 Å². The van der Waals surface area contributed by atoms with E-state index in [9.17, 15) is 9.59 Å². The number of carbonyl (C=O) groups is 2. The van der Waals surface area contributed by atoms with Crippen LogP contribution in [0.5, 0.6) is 17.2 Å². The first kappa shape index (κ1) is 23.6. The zero-order chi connectivity index (χ0) is 23.5. The third-order valence-corrected chi connectivity index (χ3v) is 4.41. The van der Waals surface area contributed by atoms with Gasteiger partial charge in [0.15, 0.2) is 18.1 Å². The predicted molar refractivity (Wildman–Crippen MR) is 127 cm³/mol. The lowest BCUT2D eigenvalue weighted by Crippen LogP contribution is -2.24. The van der Waals surface area contributed by atoms with Crippen LogP contribution in [0.25, 0.3) is 6.08 Å². The molecule has 3 aromatic carbocycles. The molecule has 0 unspecified atom stereocenters. The van der Waals surface area contributed by atoms with Crippen LogP contribution in [-0.4, -0.2) is 31.8 Å². The summed E-state index contributed by atoms with van der Waals surface area (Å²) in [4.78, 5) is 24.0. The van der Waals surface area contributed by atoms with Gasteiger partial charge in [-0.05, 0) is 53.6 Å². The van der Waals surface area contributed by atoms with Crippen molar-refractivity contribution in [2.24, 2.45) is 5.10 Å². The molecule has 0 saturated heterocycles. The van der Waals surface area contributed by atoms with Gasteiger partial charge in [-0.1, -0.05) is 48.0 Å². The monoisotopic (exact) mass is 464 g/mol. The summed E-state index contributed by atoms with van der Waals surface area (Å²) in [6.07, 6.45) is 4.43. The molecule has 3 rings (SSSR count). The Balaban J connectivity index is 1.53. The van der Waals surface area contributed by atoms with E-state index >= 15 is 0 Å². The van der Waals surface area contributed by atoms with Crippen molar-refractivity contribution in [1.29, 1.82) is 0 Å². The van der Waals surface area contributed by atoms with Crippen molar-refractivity contribution >= 4 is 35.8 Å². The van der Waals surface area contributed by atoms with Crippen LogP contribution < -0.4 is 19.6 Å². The quantitative estimate of drug-likeness (QED) is 0.166. The smallest absolute Gasteiger partial charge is 0.336 e. The lowest BCUT2D eigenvalue weighted by atomic mass is 10.2. The lowest BCUT2D eigenvalue weighted by Gasteiger charge is -2.08. The van der Waals surface area contributed by atoms with Gasteiger partial charge in [-0.15, -0.1) is 0 Å². The van der Waals surface area contributed by atoms with E-state index in [4.69, 9.17) is 25.8 Å². The summed E-state index contributed by atoms with van der Waals surface area (Å²) in [6, 6.07) is 21.0. The summed E-state index contributed by atoms with van der Waals surface area (Å²) in [6.45, 7) is -0.216. The van der Waals surface area contributed by atoms with Crippen LogP contribution in [0.2, 0.25) is 5.02 Å². The van der Waals surface area contributed by atoms with Gasteiger partial charge in [0.05, 0.1) is 13.3 Å². The molecule has 0 radical (unpaired) electrons. The third-order valence-electron chi connectivity index (χ3n) is 4.18. The fourth-order valence-electron chi connectivity index (χ4n) is 2.64. The summed E-state index contributed by atoms with van der Waals surface area (Å²) in [7, 11) is 1.46. The Morgan fingerprint density at radius 1 is 0.970 bits per heavy atom. The minimum Gasteiger partial charge on any atom is -0.493 e. The first-order valence-electron chi connectivity index (χ1n) is 9.87. The normalized spacial score (nSPS) is 10.8. The van der Waals surface area contributed by atoms with E-state index in [1.807, 2.05) is 30.3 Å². The number of esters is 1. The molecule has 0 aromatic heterocycles. The number of rotatable bonds is 9. The van der Waals surface area contributed by atoms with Crippen LogP contribution >= 0.6 is 11.6 Å². The van der Waals surface area contributed by atoms with Crippen LogP contribution in [0.15, 0.2) is 84.0 Å². The van der Waals surface area contributed by atoms with Crippen LogP contribution in [0.1, 0.15) is 11.1 Å². The molecule has 1 amide bonds. The fourth-order valence-corrected chi connectivity index (χ4v) is 2.82. The molecule has 7 nitrogen and oxygen atoms in total. The Hall–Kier alpha value is -4.10. The van der Waals surface area contributed by atoms with Crippen molar-refractivity contribution in [2.75, 3.05) is 13.7 Å². The molecule has 0 spiro atoms. The molecule has 3 aromatic rings.